The van der Waals surface area contributed by atoms with E-state index in [2.05, 4.69) is 19.9 Å². The van der Waals surface area contributed by atoms with Crippen LogP contribution in [-0.4, -0.2) is 17.0 Å². The molecule has 0 aromatic rings. The number of allylic oxidation sites excluding steroid dienone is 1. The maximum absolute atomic E-state index is 13.1. The van der Waals surface area contributed by atoms with Crippen molar-refractivity contribution in [1.29, 1.82) is 0 Å². The summed E-state index contributed by atoms with van der Waals surface area (Å²) in [4.78, 5) is 13.1. The van der Waals surface area contributed by atoms with Crippen molar-refractivity contribution in [2.45, 2.75) is 97.5 Å². The van der Waals surface area contributed by atoms with E-state index >= 15 is 0 Å². The molecule has 5 aliphatic carbocycles. The molecule has 0 saturated heterocycles. The van der Waals surface area contributed by atoms with Crippen molar-refractivity contribution >= 4 is 5.78 Å². The molecule has 2 heteroatoms. The van der Waals surface area contributed by atoms with Gasteiger partial charge in [0.15, 0.2) is 0 Å². The van der Waals surface area contributed by atoms with Crippen LogP contribution in [0.25, 0.3) is 0 Å². The van der Waals surface area contributed by atoms with Crippen LogP contribution in [-0.2, 0) is 4.79 Å². The van der Waals surface area contributed by atoms with Crippen LogP contribution < -0.4 is 0 Å². The molecular formula is C25H38O2. The van der Waals surface area contributed by atoms with Crippen LogP contribution in [0.2, 0.25) is 0 Å². The molecule has 0 aromatic heterocycles. The van der Waals surface area contributed by atoms with Gasteiger partial charge in [0.05, 0.1) is 6.10 Å². The number of Topliss-reactive ketones (excluding diaryl/α,β-unsaturated/α-hetero) is 1. The summed E-state index contributed by atoms with van der Waals surface area (Å²) in [6.07, 6.45) is 15.5. The zero-order chi connectivity index (χ0) is 19.0. The van der Waals surface area contributed by atoms with Crippen molar-refractivity contribution in [2.24, 2.45) is 39.9 Å². The number of hydrogen-bond acceptors (Lipinski definition) is 2. The maximum atomic E-state index is 13.1. The molecule has 1 N–H and O–H groups in total. The predicted molar refractivity (Wildman–Crippen MR) is 108 cm³/mol. The van der Waals surface area contributed by atoms with E-state index in [1.807, 2.05) is 6.92 Å². The van der Waals surface area contributed by atoms with E-state index in [-0.39, 0.29) is 16.9 Å². The summed E-state index contributed by atoms with van der Waals surface area (Å²) in [7, 11) is 0. The Kier molecular flexibility index (Phi) is 4.05. The second kappa shape index (κ2) is 5.94. The monoisotopic (exact) mass is 370 g/mol. The molecule has 0 aromatic carbocycles. The molecule has 150 valence electrons. The molecule has 0 aliphatic heterocycles. The van der Waals surface area contributed by atoms with Gasteiger partial charge < -0.3 is 5.11 Å². The van der Waals surface area contributed by atoms with Crippen molar-refractivity contribution in [1.82, 2.24) is 0 Å². The Bertz CT molecular complexity index is 680. The molecular weight excluding hydrogens is 332 g/mol. The highest BCUT2D eigenvalue weighted by molar-refractivity contribution is 5.84. The zero-order valence-electron chi connectivity index (χ0n) is 17.6. The minimum absolute atomic E-state index is 0.0193. The van der Waals surface area contributed by atoms with Crippen molar-refractivity contribution in [2.75, 3.05) is 0 Å². The standard InChI is InChI=1S/C25H38O2/c1-16(26)25-11-5-4-6-18(25)15-22-20-8-7-17-14-19(27)9-12-23(17,2)21(20)10-13-24(22,25)3/h7,18-22,27H,4-6,8-15H2,1-3H3/t18-,19+,20+,21+,22+,23-,24+,25+/m0/s1. The van der Waals surface area contributed by atoms with Crippen LogP contribution in [0, 0.1) is 39.9 Å². The van der Waals surface area contributed by atoms with Crippen LogP contribution in [0.4, 0.5) is 0 Å². The largest absolute Gasteiger partial charge is 0.393 e. The summed E-state index contributed by atoms with van der Waals surface area (Å²) in [6.45, 7) is 6.94. The number of carbonyl (C=O) groups excluding carboxylic acids is 1. The summed E-state index contributed by atoms with van der Waals surface area (Å²) < 4.78 is 0. The Hall–Kier alpha value is -0.630. The third-order valence-electron chi connectivity index (χ3n) is 10.7. The van der Waals surface area contributed by atoms with E-state index < -0.39 is 0 Å². The number of ketones is 1. The lowest BCUT2D eigenvalue weighted by Crippen LogP contribution is -2.55. The highest BCUT2D eigenvalue weighted by Crippen LogP contribution is 2.73. The minimum Gasteiger partial charge on any atom is -0.393 e. The van der Waals surface area contributed by atoms with Crippen molar-refractivity contribution < 1.29 is 9.90 Å². The molecule has 5 rings (SSSR count). The molecule has 5 aliphatic rings. The highest BCUT2D eigenvalue weighted by Gasteiger charge is 2.68. The molecule has 4 fully saturated rings. The molecule has 0 heterocycles. The lowest BCUT2D eigenvalue weighted by atomic mass is 9.44. The fourth-order valence-electron chi connectivity index (χ4n) is 9.44. The first-order valence-electron chi connectivity index (χ1n) is 11.7. The topological polar surface area (TPSA) is 37.3 Å². The Morgan fingerprint density at radius 3 is 2.67 bits per heavy atom. The first-order chi connectivity index (χ1) is 12.8. The molecule has 27 heavy (non-hydrogen) atoms. The number of aliphatic hydroxyl groups excluding tert-OH is 1. The predicted octanol–water partition coefficient (Wildman–Crippen LogP) is 5.69. The first kappa shape index (κ1) is 18.4. The second-order valence-corrected chi connectivity index (χ2v) is 11.3. The zero-order valence-corrected chi connectivity index (χ0v) is 17.6. The lowest BCUT2D eigenvalue weighted by Gasteiger charge is -2.60. The fourth-order valence-corrected chi connectivity index (χ4v) is 9.44. The average molecular weight is 371 g/mol. The normalized spacial score (nSPS) is 54.2. The smallest absolute Gasteiger partial charge is 0.136 e. The number of carbonyl (C=O) groups is 1. The van der Waals surface area contributed by atoms with E-state index in [0.717, 1.165) is 43.4 Å². The van der Waals surface area contributed by atoms with Gasteiger partial charge in [-0.3, -0.25) is 4.79 Å². The van der Waals surface area contributed by atoms with Crippen LogP contribution in [0.15, 0.2) is 11.6 Å². The summed E-state index contributed by atoms with van der Waals surface area (Å²) in [5.41, 5.74) is 2.07. The molecule has 0 radical (unpaired) electrons. The minimum atomic E-state index is -0.120. The van der Waals surface area contributed by atoms with Crippen molar-refractivity contribution in [3.63, 3.8) is 0 Å². The van der Waals surface area contributed by atoms with Crippen LogP contribution >= 0.6 is 0 Å². The number of aliphatic hydroxyl groups is 1. The summed E-state index contributed by atoms with van der Waals surface area (Å²) in [5, 5.41) is 10.2. The lowest BCUT2D eigenvalue weighted by molar-refractivity contribution is -0.147. The summed E-state index contributed by atoms with van der Waals surface area (Å²) >= 11 is 0. The van der Waals surface area contributed by atoms with Crippen LogP contribution in [0.3, 0.4) is 0 Å². The van der Waals surface area contributed by atoms with Gasteiger partial charge in [-0.1, -0.05) is 38.3 Å². The van der Waals surface area contributed by atoms with Gasteiger partial charge in [-0.15, -0.1) is 0 Å². The third-order valence-corrected chi connectivity index (χ3v) is 10.7. The summed E-state index contributed by atoms with van der Waals surface area (Å²) in [6, 6.07) is 0. The second-order valence-electron chi connectivity index (χ2n) is 11.3. The quantitative estimate of drug-likeness (QED) is 0.602. The third kappa shape index (κ3) is 2.20. The molecule has 0 unspecified atom stereocenters. The van der Waals surface area contributed by atoms with Gasteiger partial charge in [0, 0.05) is 5.41 Å². The van der Waals surface area contributed by atoms with Gasteiger partial charge in [0.2, 0.25) is 0 Å². The van der Waals surface area contributed by atoms with Gasteiger partial charge >= 0.3 is 0 Å². The van der Waals surface area contributed by atoms with Crippen molar-refractivity contribution in [3.05, 3.63) is 11.6 Å². The Labute approximate surface area is 165 Å². The highest BCUT2D eigenvalue weighted by atomic mass is 16.3. The van der Waals surface area contributed by atoms with Crippen molar-refractivity contribution in [3.8, 4) is 0 Å². The Balaban J connectivity index is 1.54. The molecule has 0 bridgehead atoms. The van der Waals surface area contributed by atoms with Crippen LogP contribution in [0.5, 0.6) is 0 Å². The van der Waals surface area contributed by atoms with E-state index in [4.69, 9.17) is 0 Å². The molecule has 2 nitrogen and oxygen atoms in total. The van der Waals surface area contributed by atoms with E-state index in [0.29, 0.717) is 17.1 Å². The van der Waals surface area contributed by atoms with E-state index in [1.54, 1.807) is 5.57 Å². The van der Waals surface area contributed by atoms with Crippen LogP contribution in [0.1, 0.15) is 91.4 Å². The number of rotatable bonds is 1. The van der Waals surface area contributed by atoms with Gasteiger partial charge in [0.25, 0.3) is 0 Å². The Morgan fingerprint density at radius 2 is 1.89 bits per heavy atom. The first-order valence-corrected chi connectivity index (χ1v) is 11.7. The average Bonchev–Trinajstić information content (AvgIpc) is 2.92. The van der Waals surface area contributed by atoms with Gasteiger partial charge in [-0.2, -0.15) is 0 Å². The summed E-state index contributed by atoms with van der Waals surface area (Å²) in [5.74, 6) is 3.41. The number of hydrogen-bond donors (Lipinski definition) is 1. The van der Waals surface area contributed by atoms with Gasteiger partial charge in [-0.25, -0.2) is 0 Å². The van der Waals surface area contributed by atoms with E-state index in [9.17, 15) is 9.90 Å². The fraction of sp³-hybridized carbons (Fsp3) is 0.880. The van der Waals surface area contributed by atoms with E-state index in [1.165, 1.54) is 44.9 Å². The Morgan fingerprint density at radius 1 is 1.07 bits per heavy atom. The number of fused-ring (bicyclic) bond motifs is 7. The maximum Gasteiger partial charge on any atom is 0.136 e. The molecule has 4 saturated carbocycles. The molecule has 8 atom stereocenters. The SMILES string of the molecule is CC(=O)[C@]12CCCC[C@H]1C[C@@H]1[C@@H]3CC=C4C[C@H](O)CC[C@]4(C)[C@@H]3CC[C@]12C. The van der Waals surface area contributed by atoms with Gasteiger partial charge in [0.1, 0.15) is 5.78 Å². The molecule has 0 amide bonds. The molecule has 0 spiro atoms. The van der Waals surface area contributed by atoms with Gasteiger partial charge in [-0.05, 0) is 99.2 Å².